The first-order valence-electron chi connectivity index (χ1n) is 3.06. The lowest BCUT2D eigenvalue weighted by Crippen LogP contribution is -2.13. The monoisotopic (exact) mass is 171 g/mol. The zero-order chi connectivity index (χ0) is 9.40. The van der Waals surface area contributed by atoms with Gasteiger partial charge in [0, 0.05) is 19.4 Å². The van der Waals surface area contributed by atoms with Gasteiger partial charge >= 0.3 is 6.09 Å². The lowest BCUT2D eigenvalue weighted by atomic mass is 10.7. The maximum absolute atomic E-state index is 9.77. The fraction of sp³-hybridized carbons (Fsp3) is 0.167. The van der Waals surface area contributed by atoms with Crippen LogP contribution in [0.2, 0.25) is 0 Å². The van der Waals surface area contributed by atoms with Gasteiger partial charge in [-0.3, -0.25) is 4.79 Å². The van der Waals surface area contributed by atoms with Crippen molar-refractivity contribution in [1.82, 2.24) is 15.3 Å². The number of imidazole rings is 1. The van der Waals surface area contributed by atoms with Gasteiger partial charge in [0.15, 0.2) is 12.1 Å². The Bertz CT molecular complexity index is 232. The largest absolute Gasteiger partial charge is 0.465 e. The number of hydrogen-bond acceptors (Lipinski definition) is 3. The van der Waals surface area contributed by atoms with Crippen molar-refractivity contribution in [1.29, 1.82) is 0 Å². The number of aromatic nitrogens is 2. The summed E-state index contributed by atoms with van der Waals surface area (Å²) >= 11 is 0. The number of carbonyl (C=O) groups is 2. The van der Waals surface area contributed by atoms with Gasteiger partial charge in [0.2, 0.25) is 0 Å². The van der Waals surface area contributed by atoms with Crippen LogP contribution in [0.3, 0.4) is 0 Å². The number of nitrogens with one attached hydrogen (secondary N) is 2. The number of aromatic amines is 1. The van der Waals surface area contributed by atoms with E-state index in [1.807, 2.05) is 5.32 Å². The lowest BCUT2D eigenvalue weighted by Gasteiger charge is -1.78. The molecule has 3 N–H and O–H groups in total. The molecule has 0 saturated heterocycles. The Morgan fingerprint density at radius 3 is 2.58 bits per heavy atom. The molecule has 1 heterocycles. The van der Waals surface area contributed by atoms with Crippen LogP contribution in [0.5, 0.6) is 0 Å². The van der Waals surface area contributed by atoms with Gasteiger partial charge in [-0.2, -0.15) is 0 Å². The van der Waals surface area contributed by atoms with Crippen molar-refractivity contribution in [3.63, 3.8) is 0 Å². The number of aldehydes is 1. The van der Waals surface area contributed by atoms with E-state index in [0.717, 1.165) is 0 Å². The third kappa shape index (κ3) is 4.98. The Morgan fingerprint density at radius 2 is 2.42 bits per heavy atom. The van der Waals surface area contributed by atoms with Crippen molar-refractivity contribution >= 4 is 12.4 Å². The van der Waals surface area contributed by atoms with E-state index in [9.17, 15) is 9.59 Å². The number of carbonyl (C=O) groups excluding carboxylic acids is 1. The molecule has 66 valence electrons. The minimum absolute atomic E-state index is 0.375. The normalized spacial score (nSPS) is 7.75. The van der Waals surface area contributed by atoms with E-state index >= 15 is 0 Å². The molecule has 1 rings (SSSR count). The van der Waals surface area contributed by atoms with E-state index in [2.05, 4.69) is 9.97 Å². The maximum atomic E-state index is 9.77. The number of hydrogen-bond donors (Lipinski definition) is 3. The summed E-state index contributed by atoms with van der Waals surface area (Å²) in [6, 6.07) is 0. The first-order chi connectivity index (χ1) is 5.70. The minimum Gasteiger partial charge on any atom is -0.465 e. The molecule has 12 heavy (non-hydrogen) atoms. The number of carboxylic acid groups (broad SMARTS) is 1. The topological polar surface area (TPSA) is 95.1 Å². The summed E-state index contributed by atoms with van der Waals surface area (Å²) in [5.41, 5.74) is 0. The van der Waals surface area contributed by atoms with Crippen molar-refractivity contribution in [2.75, 3.05) is 7.05 Å². The van der Waals surface area contributed by atoms with E-state index in [1.54, 1.807) is 6.20 Å². The molecule has 0 aliphatic heterocycles. The molecule has 0 aromatic carbocycles. The van der Waals surface area contributed by atoms with Crippen LogP contribution in [0.4, 0.5) is 4.79 Å². The third-order valence-corrected chi connectivity index (χ3v) is 0.845. The second-order valence-corrected chi connectivity index (χ2v) is 1.65. The quantitative estimate of drug-likeness (QED) is 0.522. The van der Waals surface area contributed by atoms with Crippen LogP contribution in [-0.2, 0) is 0 Å². The molecule has 1 aromatic heterocycles. The van der Waals surface area contributed by atoms with Crippen molar-refractivity contribution in [3.05, 3.63) is 18.2 Å². The van der Waals surface area contributed by atoms with Crippen LogP contribution >= 0.6 is 0 Å². The molecule has 0 saturated carbocycles. The Hall–Kier alpha value is -1.85. The molecule has 0 spiro atoms. The van der Waals surface area contributed by atoms with Crippen LogP contribution in [0.1, 0.15) is 10.6 Å². The molecule has 0 atom stereocenters. The molecular weight excluding hydrogens is 162 g/mol. The van der Waals surface area contributed by atoms with Crippen molar-refractivity contribution < 1.29 is 14.7 Å². The van der Waals surface area contributed by atoms with Gasteiger partial charge in [0.25, 0.3) is 0 Å². The van der Waals surface area contributed by atoms with Crippen molar-refractivity contribution in [2.45, 2.75) is 0 Å². The first-order valence-corrected chi connectivity index (χ1v) is 3.06. The number of amides is 1. The average molecular weight is 171 g/mol. The third-order valence-electron chi connectivity index (χ3n) is 0.845. The second kappa shape index (κ2) is 5.90. The van der Waals surface area contributed by atoms with Gasteiger partial charge in [0.05, 0.1) is 0 Å². The minimum atomic E-state index is -0.995. The van der Waals surface area contributed by atoms with Crippen LogP contribution in [0.15, 0.2) is 12.4 Å². The second-order valence-electron chi connectivity index (χ2n) is 1.65. The zero-order valence-electron chi connectivity index (χ0n) is 6.44. The zero-order valence-corrected chi connectivity index (χ0v) is 6.44. The Labute approximate surface area is 68.6 Å². The lowest BCUT2D eigenvalue weighted by molar-refractivity contribution is 0.111. The van der Waals surface area contributed by atoms with Gasteiger partial charge in [-0.1, -0.05) is 0 Å². The molecule has 0 aliphatic rings. The molecule has 6 nitrogen and oxygen atoms in total. The molecule has 1 aromatic rings. The fourth-order valence-corrected chi connectivity index (χ4v) is 0.342. The highest BCUT2D eigenvalue weighted by atomic mass is 16.4. The van der Waals surface area contributed by atoms with E-state index in [-0.39, 0.29) is 0 Å². The summed E-state index contributed by atoms with van der Waals surface area (Å²) in [5, 5.41) is 9.56. The molecule has 0 bridgehead atoms. The molecular formula is C6H9N3O3. The van der Waals surface area contributed by atoms with E-state index in [4.69, 9.17) is 5.11 Å². The van der Waals surface area contributed by atoms with Crippen molar-refractivity contribution in [3.8, 4) is 0 Å². The molecule has 0 unspecified atom stereocenters. The predicted molar refractivity (Wildman–Crippen MR) is 41.1 cm³/mol. The average Bonchev–Trinajstić information content (AvgIpc) is 2.57. The van der Waals surface area contributed by atoms with E-state index < -0.39 is 6.09 Å². The van der Waals surface area contributed by atoms with Gasteiger partial charge in [-0.15, -0.1) is 0 Å². The highest BCUT2D eigenvalue weighted by molar-refractivity contribution is 5.68. The highest BCUT2D eigenvalue weighted by Crippen LogP contribution is 1.77. The summed E-state index contributed by atoms with van der Waals surface area (Å²) in [7, 11) is 1.35. The van der Waals surface area contributed by atoms with Gasteiger partial charge in [0.1, 0.15) is 0 Å². The number of H-pyrrole nitrogens is 1. The van der Waals surface area contributed by atoms with Crippen LogP contribution in [0.25, 0.3) is 0 Å². The SMILES string of the molecule is CNC(=O)O.O=Cc1ncc[nH]1. The molecule has 6 heteroatoms. The summed E-state index contributed by atoms with van der Waals surface area (Å²) in [4.78, 5) is 25.2. The van der Waals surface area contributed by atoms with Gasteiger partial charge < -0.3 is 15.4 Å². The molecule has 1 amide bonds. The smallest absolute Gasteiger partial charge is 0.404 e. The van der Waals surface area contributed by atoms with Crippen LogP contribution in [-0.4, -0.2) is 34.5 Å². The highest BCUT2D eigenvalue weighted by Gasteiger charge is 1.83. The Morgan fingerprint density at radius 1 is 1.83 bits per heavy atom. The summed E-state index contributed by atoms with van der Waals surface area (Å²) < 4.78 is 0. The molecule has 0 radical (unpaired) electrons. The Balaban J connectivity index is 0.000000217. The van der Waals surface area contributed by atoms with E-state index in [1.165, 1.54) is 13.2 Å². The molecule has 0 fully saturated rings. The van der Waals surface area contributed by atoms with Crippen LogP contribution in [0, 0.1) is 0 Å². The van der Waals surface area contributed by atoms with Crippen molar-refractivity contribution in [2.24, 2.45) is 0 Å². The number of nitrogens with zero attached hydrogens (tertiary/aromatic N) is 1. The van der Waals surface area contributed by atoms with Crippen LogP contribution < -0.4 is 5.32 Å². The van der Waals surface area contributed by atoms with E-state index in [0.29, 0.717) is 12.1 Å². The number of rotatable bonds is 1. The summed E-state index contributed by atoms with van der Waals surface area (Å²) in [6.07, 6.45) is 2.80. The Kier molecular flexibility index (Phi) is 4.99. The summed E-state index contributed by atoms with van der Waals surface area (Å²) in [5.74, 6) is 0.375. The van der Waals surface area contributed by atoms with Gasteiger partial charge in [-0.05, 0) is 0 Å². The fourth-order valence-electron chi connectivity index (χ4n) is 0.342. The molecule has 0 aliphatic carbocycles. The maximum Gasteiger partial charge on any atom is 0.404 e. The van der Waals surface area contributed by atoms with Gasteiger partial charge in [-0.25, -0.2) is 9.78 Å². The predicted octanol–water partition coefficient (Wildman–Crippen LogP) is 0.106. The standard InChI is InChI=1S/C4H4N2O.C2H5NO2/c7-3-4-5-1-2-6-4;1-3-2(4)5/h1-3H,(H,5,6);3H,1H3,(H,4,5). The summed E-state index contributed by atoms with van der Waals surface area (Å²) in [6.45, 7) is 0. The first kappa shape index (κ1) is 10.2.